The van der Waals surface area contributed by atoms with E-state index in [2.05, 4.69) is 10.1 Å². The lowest BCUT2D eigenvalue weighted by Gasteiger charge is -2.28. The van der Waals surface area contributed by atoms with Crippen molar-refractivity contribution >= 4 is 11.6 Å². The number of benzene rings is 2. The summed E-state index contributed by atoms with van der Waals surface area (Å²) in [6, 6.07) is 15.8. The maximum Gasteiger partial charge on any atom is 0.270 e. The van der Waals surface area contributed by atoms with Gasteiger partial charge < -0.3 is 14.2 Å². The van der Waals surface area contributed by atoms with E-state index in [0.717, 1.165) is 12.0 Å². The summed E-state index contributed by atoms with van der Waals surface area (Å²) in [5.41, 5.74) is 1.46. The van der Waals surface area contributed by atoms with Gasteiger partial charge in [0, 0.05) is 36.7 Å². The quantitative estimate of drug-likeness (QED) is 0.328. The lowest BCUT2D eigenvalue weighted by molar-refractivity contribution is -0.384. The molecule has 0 aliphatic heterocycles. The molecule has 9 nitrogen and oxygen atoms in total. The van der Waals surface area contributed by atoms with Crippen molar-refractivity contribution in [3.8, 4) is 11.4 Å². The molecule has 1 heterocycles. The van der Waals surface area contributed by atoms with Crippen LogP contribution in [0.1, 0.15) is 31.7 Å². The number of ether oxygens (including phenoxy) is 1. The number of carbonyl (C=O) groups excluding carboxylic acids is 1. The molecule has 0 saturated carbocycles. The Labute approximate surface area is 186 Å². The second-order valence-electron chi connectivity index (χ2n) is 7.39. The number of amides is 1. The number of aromatic nitrogens is 2. The maximum absolute atomic E-state index is 12.8. The van der Waals surface area contributed by atoms with Crippen molar-refractivity contribution in [2.75, 3.05) is 13.2 Å². The third-order valence-corrected chi connectivity index (χ3v) is 5.13. The van der Waals surface area contributed by atoms with Crippen LogP contribution in [-0.4, -0.2) is 45.1 Å². The molecule has 0 spiro atoms. The molecule has 32 heavy (non-hydrogen) atoms. The fourth-order valence-corrected chi connectivity index (χ4v) is 3.17. The van der Waals surface area contributed by atoms with Crippen LogP contribution in [0.2, 0.25) is 0 Å². The van der Waals surface area contributed by atoms with Gasteiger partial charge in [-0.2, -0.15) is 4.98 Å². The highest BCUT2D eigenvalue weighted by Crippen LogP contribution is 2.21. The van der Waals surface area contributed by atoms with Crippen LogP contribution in [0.15, 0.2) is 59.1 Å². The van der Waals surface area contributed by atoms with Crippen LogP contribution in [0.4, 0.5) is 5.69 Å². The number of nitrogens with zero attached hydrogens (tertiary/aromatic N) is 4. The molecule has 168 valence electrons. The highest BCUT2D eigenvalue weighted by Gasteiger charge is 2.20. The molecule has 1 aromatic heterocycles. The second kappa shape index (κ2) is 11.1. The van der Waals surface area contributed by atoms with Gasteiger partial charge in [0.25, 0.3) is 5.69 Å². The van der Waals surface area contributed by atoms with Crippen molar-refractivity contribution in [2.45, 2.75) is 39.3 Å². The predicted octanol–water partition coefficient (Wildman–Crippen LogP) is 4.03. The smallest absolute Gasteiger partial charge is 0.270 e. The Bertz CT molecular complexity index is 1040. The predicted molar refractivity (Wildman–Crippen MR) is 118 cm³/mol. The Hall–Kier alpha value is -3.59. The molecule has 0 unspecified atom stereocenters. The Morgan fingerprint density at radius 2 is 2.00 bits per heavy atom. The lowest BCUT2D eigenvalue weighted by Crippen LogP contribution is -2.41. The number of hydrogen-bond donors (Lipinski definition) is 0. The summed E-state index contributed by atoms with van der Waals surface area (Å²) in [5, 5.41) is 14.9. The highest BCUT2D eigenvalue weighted by atomic mass is 16.6. The van der Waals surface area contributed by atoms with Gasteiger partial charge in [0.05, 0.1) is 11.5 Å². The third kappa shape index (κ3) is 6.21. The fourth-order valence-electron chi connectivity index (χ4n) is 3.17. The molecule has 0 aliphatic carbocycles. The van der Waals surface area contributed by atoms with Crippen LogP contribution in [0.3, 0.4) is 0 Å². The van der Waals surface area contributed by atoms with Gasteiger partial charge in [0.15, 0.2) is 0 Å². The number of nitro groups is 1. The molecule has 3 aromatic rings. The van der Waals surface area contributed by atoms with Crippen molar-refractivity contribution in [3.63, 3.8) is 0 Å². The molecule has 0 radical (unpaired) electrons. The third-order valence-electron chi connectivity index (χ3n) is 5.13. The Balaban J connectivity index is 1.59. The topological polar surface area (TPSA) is 112 Å². The first-order valence-electron chi connectivity index (χ1n) is 10.5. The highest BCUT2D eigenvalue weighted by molar-refractivity contribution is 5.77. The van der Waals surface area contributed by atoms with Crippen LogP contribution < -0.4 is 0 Å². The first kappa shape index (κ1) is 23.1. The zero-order chi connectivity index (χ0) is 22.9. The summed E-state index contributed by atoms with van der Waals surface area (Å²) < 4.78 is 10.9. The Kier molecular flexibility index (Phi) is 8.04. The van der Waals surface area contributed by atoms with Crippen LogP contribution in [-0.2, 0) is 22.6 Å². The number of rotatable bonds is 11. The Morgan fingerprint density at radius 3 is 2.72 bits per heavy atom. The number of carbonyl (C=O) groups is 1. The Morgan fingerprint density at radius 1 is 1.22 bits per heavy atom. The number of non-ortho nitro benzene ring substituents is 1. The van der Waals surface area contributed by atoms with Crippen molar-refractivity contribution < 1.29 is 19.0 Å². The van der Waals surface area contributed by atoms with Crippen LogP contribution in [0.5, 0.6) is 0 Å². The molecule has 3 rings (SSSR count). The number of hydrogen-bond acceptors (Lipinski definition) is 7. The number of nitro benzene ring substituents is 1. The van der Waals surface area contributed by atoms with Crippen LogP contribution in [0, 0.1) is 10.1 Å². The maximum atomic E-state index is 12.8. The minimum absolute atomic E-state index is 0.0119. The average Bonchev–Trinajstić information content (AvgIpc) is 3.29. The zero-order valence-electron chi connectivity index (χ0n) is 18.1. The normalized spacial score (nSPS) is 11.8. The van der Waals surface area contributed by atoms with Gasteiger partial charge in [-0.25, -0.2) is 0 Å². The molecule has 0 N–H and O–H groups in total. The van der Waals surface area contributed by atoms with Gasteiger partial charge >= 0.3 is 0 Å². The monoisotopic (exact) mass is 438 g/mol. The van der Waals surface area contributed by atoms with Crippen LogP contribution >= 0.6 is 0 Å². The summed E-state index contributed by atoms with van der Waals surface area (Å²) >= 11 is 0. The van der Waals surface area contributed by atoms with E-state index in [4.69, 9.17) is 9.26 Å². The van der Waals surface area contributed by atoms with E-state index in [9.17, 15) is 14.9 Å². The summed E-state index contributed by atoms with van der Waals surface area (Å²) in [6.07, 6.45) is 1.17. The summed E-state index contributed by atoms with van der Waals surface area (Å²) in [7, 11) is 0. The molecule has 0 saturated heterocycles. The van der Waals surface area contributed by atoms with Gasteiger partial charge in [-0.1, -0.05) is 54.5 Å². The minimum atomic E-state index is -0.472. The molecule has 1 amide bonds. The van der Waals surface area contributed by atoms with Gasteiger partial charge in [-0.3, -0.25) is 14.9 Å². The minimum Gasteiger partial charge on any atom is -0.367 e. The van der Waals surface area contributed by atoms with E-state index in [-0.39, 0.29) is 30.1 Å². The first-order chi connectivity index (χ1) is 15.5. The molecule has 0 fully saturated rings. The average molecular weight is 438 g/mol. The van der Waals surface area contributed by atoms with E-state index in [1.807, 2.05) is 44.2 Å². The summed E-state index contributed by atoms with van der Waals surface area (Å²) in [6.45, 7) is 4.76. The van der Waals surface area contributed by atoms with Crippen LogP contribution in [0.25, 0.3) is 11.4 Å². The van der Waals surface area contributed by atoms with Crippen molar-refractivity contribution in [3.05, 3.63) is 76.2 Å². The van der Waals surface area contributed by atoms with E-state index in [1.54, 1.807) is 17.0 Å². The second-order valence-corrected chi connectivity index (χ2v) is 7.39. The molecule has 1 atom stereocenters. The van der Waals surface area contributed by atoms with Crippen molar-refractivity contribution in [2.24, 2.45) is 0 Å². The largest absolute Gasteiger partial charge is 0.367 e. The molecule has 0 aliphatic rings. The molecule has 2 aromatic carbocycles. The molecule has 0 bridgehead atoms. The van der Waals surface area contributed by atoms with Gasteiger partial charge in [-0.05, 0) is 18.9 Å². The molecular weight excluding hydrogens is 412 g/mol. The zero-order valence-corrected chi connectivity index (χ0v) is 18.1. The van der Waals surface area contributed by atoms with Crippen molar-refractivity contribution in [1.29, 1.82) is 0 Å². The summed E-state index contributed by atoms with van der Waals surface area (Å²) in [4.78, 5) is 29.3. The van der Waals surface area contributed by atoms with Gasteiger partial charge in [0.1, 0.15) is 6.61 Å². The lowest BCUT2D eigenvalue weighted by atomic mass is 10.2. The van der Waals surface area contributed by atoms with E-state index in [0.29, 0.717) is 31.0 Å². The van der Waals surface area contributed by atoms with E-state index in [1.165, 1.54) is 12.1 Å². The van der Waals surface area contributed by atoms with E-state index >= 15 is 0 Å². The standard InChI is InChI=1S/C23H26N4O5/c1-3-17(2)26(22(28)16-31-15-18-8-5-4-6-9-18)13-12-21-24-23(25-32-21)19-10-7-11-20(14-19)27(29)30/h4-11,14,17H,3,12-13,15-16H2,1-2H3/t17-/m1/s1. The first-order valence-corrected chi connectivity index (χ1v) is 10.5. The van der Waals surface area contributed by atoms with Crippen molar-refractivity contribution in [1.82, 2.24) is 15.0 Å². The summed E-state index contributed by atoms with van der Waals surface area (Å²) in [5.74, 6) is 0.530. The molecule has 9 heteroatoms. The fraction of sp³-hybridized carbons (Fsp3) is 0.348. The van der Waals surface area contributed by atoms with E-state index < -0.39 is 4.92 Å². The van der Waals surface area contributed by atoms with Gasteiger partial charge in [-0.15, -0.1) is 0 Å². The molecular formula is C23H26N4O5. The van der Waals surface area contributed by atoms with Gasteiger partial charge in [0.2, 0.25) is 17.6 Å². The SMILES string of the molecule is CC[C@@H](C)N(CCc1nc(-c2cccc([N+](=O)[O-])c2)no1)C(=O)COCc1ccccc1.